The zero-order chi connectivity index (χ0) is 13.3. The molecule has 1 aliphatic heterocycles. The van der Waals surface area contributed by atoms with Crippen molar-refractivity contribution in [1.82, 2.24) is 15.5 Å². The van der Waals surface area contributed by atoms with E-state index in [0.717, 1.165) is 6.54 Å². The van der Waals surface area contributed by atoms with Crippen LogP contribution in [0.4, 0.5) is 0 Å². The second kappa shape index (κ2) is 4.75. The van der Waals surface area contributed by atoms with Crippen LogP contribution in [0.2, 0.25) is 0 Å². The van der Waals surface area contributed by atoms with Gasteiger partial charge in [-0.3, -0.25) is 0 Å². The van der Waals surface area contributed by atoms with E-state index in [1.165, 1.54) is 11.1 Å². The van der Waals surface area contributed by atoms with E-state index in [2.05, 4.69) is 34.5 Å². The Labute approximate surface area is 111 Å². The van der Waals surface area contributed by atoms with Gasteiger partial charge in [-0.2, -0.15) is 4.98 Å². The lowest BCUT2D eigenvalue weighted by Gasteiger charge is -2.14. The molecule has 0 saturated carbocycles. The average Bonchev–Trinajstić information content (AvgIpc) is 3.02. The van der Waals surface area contributed by atoms with E-state index in [0.29, 0.717) is 31.1 Å². The van der Waals surface area contributed by atoms with Crippen LogP contribution < -0.4 is 5.32 Å². The highest BCUT2D eigenvalue weighted by molar-refractivity contribution is 5.28. The molecule has 1 unspecified atom stereocenters. The number of aryl methyl sites for hydroxylation is 1. The van der Waals surface area contributed by atoms with Crippen molar-refractivity contribution in [1.29, 1.82) is 0 Å². The van der Waals surface area contributed by atoms with Gasteiger partial charge >= 0.3 is 0 Å². The van der Waals surface area contributed by atoms with Crippen LogP contribution in [0.15, 0.2) is 28.8 Å². The van der Waals surface area contributed by atoms with Gasteiger partial charge in [0.2, 0.25) is 0 Å². The quantitative estimate of drug-likeness (QED) is 0.865. The molecule has 0 aliphatic carbocycles. The normalized spacial score (nSPS) is 22.8. The summed E-state index contributed by atoms with van der Waals surface area (Å²) in [4.78, 5) is 4.33. The molecule has 2 N–H and O–H groups in total. The Kier molecular flexibility index (Phi) is 3.08. The second-order valence-corrected chi connectivity index (χ2v) is 5.08. The fourth-order valence-corrected chi connectivity index (χ4v) is 2.35. The first-order valence-electron chi connectivity index (χ1n) is 6.48. The maximum Gasteiger partial charge on any atom is 0.259 e. The summed E-state index contributed by atoms with van der Waals surface area (Å²) in [6, 6.07) is 8.12. The molecule has 3 rings (SSSR count). The van der Waals surface area contributed by atoms with Crippen molar-refractivity contribution in [3.63, 3.8) is 0 Å². The molecule has 0 spiro atoms. The molecule has 1 saturated heterocycles. The van der Waals surface area contributed by atoms with E-state index in [1.807, 2.05) is 12.1 Å². The topological polar surface area (TPSA) is 71.2 Å². The third-order valence-corrected chi connectivity index (χ3v) is 3.61. The molecule has 5 nitrogen and oxygen atoms in total. The van der Waals surface area contributed by atoms with E-state index >= 15 is 0 Å². The lowest BCUT2D eigenvalue weighted by atomic mass is 10.0. The number of hydrogen-bond acceptors (Lipinski definition) is 5. The summed E-state index contributed by atoms with van der Waals surface area (Å²) in [5, 5.41) is 17.4. The van der Waals surface area contributed by atoms with Crippen molar-refractivity contribution in [2.24, 2.45) is 0 Å². The van der Waals surface area contributed by atoms with Gasteiger partial charge in [0.15, 0.2) is 11.4 Å². The Morgan fingerprint density at radius 3 is 3.00 bits per heavy atom. The number of β-amino-alcohol motifs (C(OH)–C–C–N with tert-alkyl or cyclic N) is 1. The smallest absolute Gasteiger partial charge is 0.259 e. The van der Waals surface area contributed by atoms with Gasteiger partial charge in [-0.1, -0.05) is 29.4 Å². The summed E-state index contributed by atoms with van der Waals surface area (Å²) in [5.41, 5.74) is 1.37. The minimum Gasteiger partial charge on any atom is -0.379 e. The maximum absolute atomic E-state index is 10.3. The van der Waals surface area contributed by atoms with Crippen molar-refractivity contribution < 1.29 is 9.63 Å². The highest BCUT2D eigenvalue weighted by Crippen LogP contribution is 2.26. The zero-order valence-electron chi connectivity index (χ0n) is 10.9. The van der Waals surface area contributed by atoms with E-state index in [9.17, 15) is 5.11 Å². The van der Waals surface area contributed by atoms with E-state index in [4.69, 9.17) is 4.52 Å². The van der Waals surface area contributed by atoms with Gasteiger partial charge in [0.25, 0.3) is 5.89 Å². The minimum absolute atomic E-state index is 0.320. The van der Waals surface area contributed by atoms with Crippen molar-refractivity contribution in [2.75, 3.05) is 13.1 Å². The third kappa shape index (κ3) is 2.39. The van der Waals surface area contributed by atoms with Gasteiger partial charge < -0.3 is 14.9 Å². The number of hydrogen-bond donors (Lipinski definition) is 2. The van der Waals surface area contributed by atoms with Crippen molar-refractivity contribution >= 4 is 0 Å². The average molecular weight is 259 g/mol. The fourth-order valence-electron chi connectivity index (χ4n) is 2.35. The van der Waals surface area contributed by atoms with Crippen molar-refractivity contribution in [3.05, 3.63) is 47.1 Å². The van der Waals surface area contributed by atoms with Crippen LogP contribution in [-0.2, 0) is 12.0 Å². The summed E-state index contributed by atoms with van der Waals surface area (Å²) < 4.78 is 5.21. The summed E-state index contributed by atoms with van der Waals surface area (Å²) in [6.45, 7) is 3.30. The van der Waals surface area contributed by atoms with Crippen LogP contribution in [-0.4, -0.2) is 28.3 Å². The SMILES string of the molecule is Cc1ccccc1Cc1noc(C2(O)CCNC2)n1. The molecule has 5 heteroatoms. The Morgan fingerprint density at radius 1 is 1.42 bits per heavy atom. The van der Waals surface area contributed by atoms with Crippen LogP contribution >= 0.6 is 0 Å². The second-order valence-electron chi connectivity index (χ2n) is 5.08. The summed E-state index contributed by atoms with van der Waals surface area (Å²) in [5.74, 6) is 0.936. The van der Waals surface area contributed by atoms with Gasteiger partial charge in [0.1, 0.15) is 0 Å². The monoisotopic (exact) mass is 259 g/mol. The Morgan fingerprint density at radius 2 is 2.26 bits per heavy atom. The lowest BCUT2D eigenvalue weighted by Crippen LogP contribution is -2.28. The molecular formula is C14H17N3O2. The van der Waals surface area contributed by atoms with Crippen LogP contribution in [0.5, 0.6) is 0 Å². The van der Waals surface area contributed by atoms with Crippen LogP contribution in [0.1, 0.15) is 29.3 Å². The standard InChI is InChI=1S/C14H17N3O2/c1-10-4-2-3-5-11(10)8-12-16-13(19-17-12)14(18)6-7-15-9-14/h2-5,15,18H,6-9H2,1H3. The third-order valence-electron chi connectivity index (χ3n) is 3.61. The van der Waals surface area contributed by atoms with E-state index in [1.54, 1.807) is 0 Å². The maximum atomic E-state index is 10.3. The Balaban J connectivity index is 1.80. The van der Waals surface area contributed by atoms with Gasteiger partial charge in [-0.15, -0.1) is 0 Å². The van der Waals surface area contributed by atoms with E-state index in [-0.39, 0.29) is 0 Å². The molecule has 1 aromatic carbocycles. The zero-order valence-corrected chi connectivity index (χ0v) is 10.9. The molecule has 0 radical (unpaired) electrons. The number of nitrogens with one attached hydrogen (secondary N) is 1. The van der Waals surface area contributed by atoms with Crippen LogP contribution in [0, 0.1) is 6.92 Å². The molecular weight excluding hydrogens is 242 g/mol. The fraction of sp³-hybridized carbons (Fsp3) is 0.429. The largest absolute Gasteiger partial charge is 0.379 e. The molecule has 1 aromatic heterocycles. The molecule has 0 bridgehead atoms. The van der Waals surface area contributed by atoms with Crippen LogP contribution in [0.25, 0.3) is 0 Å². The molecule has 100 valence electrons. The molecule has 19 heavy (non-hydrogen) atoms. The molecule has 2 aromatic rings. The Hall–Kier alpha value is -1.72. The molecule has 1 atom stereocenters. The Bertz CT molecular complexity index is 574. The van der Waals surface area contributed by atoms with Gasteiger partial charge in [0.05, 0.1) is 0 Å². The lowest BCUT2D eigenvalue weighted by molar-refractivity contribution is 0.0243. The van der Waals surface area contributed by atoms with Gasteiger partial charge in [0, 0.05) is 13.0 Å². The summed E-state index contributed by atoms with van der Waals surface area (Å²) in [6.07, 6.45) is 1.23. The van der Waals surface area contributed by atoms with Gasteiger partial charge in [-0.05, 0) is 31.0 Å². The first-order valence-corrected chi connectivity index (χ1v) is 6.48. The van der Waals surface area contributed by atoms with Crippen molar-refractivity contribution in [2.45, 2.75) is 25.4 Å². The molecule has 2 heterocycles. The predicted octanol–water partition coefficient (Wildman–Crippen LogP) is 1.15. The molecule has 1 aliphatic rings. The first-order chi connectivity index (χ1) is 9.17. The molecule has 1 fully saturated rings. The van der Waals surface area contributed by atoms with Crippen LogP contribution in [0.3, 0.4) is 0 Å². The minimum atomic E-state index is -1.00. The molecule has 0 amide bonds. The first kappa shape index (κ1) is 12.3. The highest BCUT2D eigenvalue weighted by Gasteiger charge is 2.38. The van der Waals surface area contributed by atoms with E-state index < -0.39 is 5.60 Å². The number of nitrogens with zero attached hydrogens (tertiary/aromatic N) is 2. The number of benzene rings is 1. The number of aliphatic hydroxyl groups is 1. The highest BCUT2D eigenvalue weighted by atomic mass is 16.5. The predicted molar refractivity (Wildman–Crippen MR) is 69.7 cm³/mol. The van der Waals surface area contributed by atoms with Gasteiger partial charge in [-0.25, -0.2) is 0 Å². The number of rotatable bonds is 3. The summed E-state index contributed by atoms with van der Waals surface area (Å²) >= 11 is 0. The van der Waals surface area contributed by atoms with Crippen molar-refractivity contribution in [3.8, 4) is 0 Å². The summed E-state index contributed by atoms with van der Waals surface area (Å²) in [7, 11) is 0. The number of aromatic nitrogens is 2.